The van der Waals surface area contributed by atoms with E-state index in [1.165, 1.54) is 16.4 Å². The highest BCUT2D eigenvalue weighted by Crippen LogP contribution is 2.27. The van der Waals surface area contributed by atoms with Crippen molar-refractivity contribution in [3.05, 3.63) is 23.2 Å². The molecule has 0 atom stereocenters. The summed E-state index contributed by atoms with van der Waals surface area (Å²) in [5, 5.41) is 5.82. The summed E-state index contributed by atoms with van der Waals surface area (Å²) >= 11 is 6.05. The first-order valence-electron chi connectivity index (χ1n) is 7.60. The summed E-state index contributed by atoms with van der Waals surface area (Å²) in [5.41, 5.74) is 0.426. The summed E-state index contributed by atoms with van der Waals surface area (Å²) in [7, 11) is -1.85. The molecule has 0 heterocycles. The number of carbonyl (C=O) groups excluding carboxylic acids is 1. The molecule has 0 fully saturated rings. The summed E-state index contributed by atoms with van der Waals surface area (Å²) in [6.07, 6.45) is 1.07. The summed E-state index contributed by atoms with van der Waals surface area (Å²) in [5.74, 6) is -0.159. The molecule has 2 N–H and O–H groups in total. The maximum Gasteiger partial charge on any atom is 0.244 e. The number of nitrogens with zero attached hydrogens (tertiary/aromatic N) is 1. The molecule has 0 saturated heterocycles. The molecule has 1 aromatic carbocycles. The molecule has 8 heteroatoms. The number of anilines is 1. The smallest absolute Gasteiger partial charge is 0.244 e. The van der Waals surface area contributed by atoms with Gasteiger partial charge in [-0.15, -0.1) is 0 Å². The number of carbonyl (C=O) groups is 1. The average Bonchev–Trinajstić information content (AvgIpc) is 2.50. The van der Waals surface area contributed by atoms with E-state index < -0.39 is 10.0 Å². The summed E-state index contributed by atoms with van der Waals surface area (Å²) in [6.45, 7) is 4.99. The first-order valence-corrected chi connectivity index (χ1v) is 9.42. The Hall–Kier alpha value is -1.15. The van der Waals surface area contributed by atoms with Gasteiger partial charge in [0, 0.05) is 25.2 Å². The molecule has 0 bridgehead atoms. The molecule has 0 aliphatic rings. The lowest BCUT2D eigenvalue weighted by Gasteiger charge is -2.19. The van der Waals surface area contributed by atoms with Crippen LogP contribution in [0.2, 0.25) is 5.02 Å². The quantitative estimate of drug-likeness (QED) is 0.661. The molecule has 0 aromatic heterocycles. The van der Waals surface area contributed by atoms with E-state index in [0.29, 0.717) is 31.6 Å². The molecule has 0 aliphatic heterocycles. The van der Waals surface area contributed by atoms with E-state index in [1.54, 1.807) is 19.9 Å². The number of halogens is 1. The molecule has 1 amide bonds. The Morgan fingerprint density at radius 1 is 1.26 bits per heavy atom. The third kappa shape index (κ3) is 5.46. The fourth-order valence-corrected chi connectivity index (χ4v) is 4.09. The maximum atomic E-state index is 12.6. The van der Waals surface area contributed by atoms with Gasteiger partial charge < -0.3 is 10.6 Å². The van der Waals surface area contributed by atoms with Gasteiger partial charge in [-0.2, -0.15) is 4.31 Å². The zero-order chi connectivity index (χ0) is 17.5. The topological polar surface area (TPSA) is 78.5 Å². The highest BCUT2D eigenvalue weighted by molar-refractivity contribution is 7.89. The molecule has 0 radical (unpaired) electrons. The Kier molecular flexibility index (Phi) is 7.98. The summed E-state index contributed by atoms with van der Waals surface area (Å²) in [6, 6.07) is 4.49. The van der Waals surface area contributed by atoms with Crippen molar-refractivity contribution in [2.45, 2.75) is 31.6 Å². The van der Waals surface area contributed by atoms with Gasteiger partial charge in [-0.3, -0.25) is 4.79 Å². The highest BCUT2D eigenvalue weighted by atomic mass is 35.5. The SMILES string of the molecule is CCN(CC)S(=O)(=O)c1cc(NC(=O)CCCNC)ccc1Cl. The van der Waals surface area contributed by atoms with Crippen LogP contribution >= 0.6 is 11.6 Å². The third-order valence-corrected chi connectivity index (χ3v) is 5.90. The van der Waals surface area contributed by atoms with Crippen LogP contribution in [0.25, 0.3) is 0 Å². The van der Waals surface area contributed by atoms with Gasteiger partial charge in [-0.05, 0) is 38.2 Å². The number of benzene rings is 1. The standard InChI is InChI=1S/C15H24ClN3O3S/c1-4-19(5-2)23(21,22)14-11-12(8-9-13(14)16)18-15(20)7-6-10-17-3/h8-9,11,17H,4-7,10H2,1-3H3,(H,18,20). The molecular weight excluding hydrogens is 338 g/mol. The van der Waals surface area contributed by atoms with E-state index in [4.69, 9.17) is 11.6 Å². The van der Waals surface area contributed by atoms with Crippen LogP contribution in [0.3, 0.4) is 0 Å². The van der Waals surface area contributed by atoms with Crippen molar-refractivity contribution in [1.82, 2.24) is 9.62 Å². The Bertz CT molecular complexity index is 631. The van der Waals surface area contributed by atoms with Crippen molar-refractivity contribution in [3.8, 4) is 0 Å². The van der Waals surface area contributed by atoms with Gasteiger partial charge in [-0.25, -0.2) is 8.42 Å². The Morgan fingerprint density at radius 2 is 1.91 bits per heavy atom. The van der Waals surface area contributed by atoms with Crippen LogP contribution in [0.4, 0.5) is 5.69 Å². The highest BCUT2D eigenvalue weighted by Gasteiger charge is 2.24. The minimum Gasteiger partial charge on any atom is -0.326 e. The maximum absolute atomic E-state index is 12.6. The number of rotatable bonds is 9. The van der Waals surface area contributed by atoms with Crippen LogP contribution < -0.4 is 10.6 Å². The Morgan fingerprint density at radius 3 is 2.48 bits per heavy atom. The largest absolute Gasteiger partial charge is 0.326 e. The normalized spacial score (nSPS) is 11.7. The number of hydrogen-bond donors (Lipinski definition) is 2. The van der Waals surface area contributed by atoms with Crippen LogP contribution in [-0.4, -0.2) is 45.3 Å². The lowest BCUT2D eigenvalue weighted by molar-refractivity contribution is -0.116. The molecule has 0 aliphatic carbocycles. The first kappa shape index (κ1) is 19.9. The van der Waals surface area contributed by atoms with E-state index in [2.05, 4.69) is 10.6 Å². The number of hydrogen-bond acceptors (Lipinski definition) is 4. The van der Waals surface area contributed by atoms with Crippen molar-refractivity contribution < 1.29 is 13.2 Å². The van der Waals surface area contributed by atoms with Gasteiger partial charge >= 0.3 is 0 Å². The zero-order valence-corrected chi connectivity index (χ0v) is 15.3. The molecular formula is C15H24ClN3O3S. The van der Waals surface area contributed by atoms with Crippen LogP contribution in [-0.2, 0) is 14.8 Å². The van der Waals surface area contributed by atoms with E-state index in [1.807, 2.05) is 7.05 Å². The number of nitrogens with one attached hydrogen (secondary N) is 2. The van der Waals surface area contributed by atoms with Crippen LogP contribution in [0.15, 0.2) is 23.1 Å². The third-order valence-electron chi connectivity index (χ3n) is 3.37. The Balaban J connectivity index is 2.98. The van der Waals surface area contributed by atoms with Gasteiger partial charge in [0.15, 0.2) is 0 Å². The van der Waals surface area contributed by atoms with Gasteiger partial charge in [0.05, 0.1) is 5.02 Å². The second-order valence-electron chi connectivity index (χ2n) is 4.99. The number of amides is 1. The van der Waals surface area contributed by atoms with Crippen molar-refractivity contribution in [1.29, 1.82) is 0 Å². The lowest BCUT2D eigenvalue weighted by atomic mass is 10.2. The molecule has 6 nitrogen and oxygen atoms in total. The van der Waals surface area contributed by atoms with Gasteiger partial charge in [0.1, 0.15) is 4.90 Å². The van der Waals surface area contributed by atoms with E-state index in [0.717, 1.165) is 6.54 Å². The minimum atomic E-state index is -3.67. The second-order valence-corrected chi connectivity index (χ2v) is 7.30. The fraction of sp³-hybridized carbons (Fsp3) is 0.533. The van der Waals surface area contributed by atoms with Crippen molar-refractivity contribution >= 4 is 33.2 Å². The number of sulfonamides is 1. The fourth-order valence-electron chi connectivity index (χ4n) is 2.13. The van der Waals surface area contributed by atoms with Crippen LogP contribution in [0, 0.1) is 0 Å². The van der Waals surface area contributed by atoms with Gasteiger partial charge in [0.25, 0.3) is 0 Å². The van der Waals surface area contributed by atoms with E-state index >= 15 is 0 Å². The van der Waals surface area contributed by atoms with Crippen molar-refractivity contribution in [2.75, 3.05) is 32.0 Å². The monoisotopic (exact) mass is 361 g/mol. The van der Waals surface area contributed by atoms with Crippen molar-refractivity contribution in [2.24, 2.45) is 0 Å². The lowest BCUT2D eigenvalue weighted by Crippen LogP contribution is -2.30. The van der Waals surface area contributed by atoms with Crippen molar-refractivity contribution in [3.63, 3.8) is 0 Å². The molecule has 1 aromatic rings. The van der Waals surface area contributed by atoms with Crippen LogP contribution in [0.1, 0.15) is 26.7 Å². The zero-order valence-electron chi connectivity index (χ0n) is 13.7. The molecule has 1 rings (SSSR count). The molecule has 23 heavy (non-hydrogen) atoms. The average molecular weight is 362 g/mol. The predicted octanol–water partition coefficient (Wildman–Crippen LogP) is 2.31. The Labute approximate surface area is 143 Å². The molecule has 0 unspecified atom stereocenters. The van der Waals surface area contributed by atoms with E-state index in [-0.39, 0.29) is 15.8 Å². The van der Waals surface area contributed by atoms with Gasteiger partial charge in [0.2, 0.25) is 15.9 Å². The second kappa shape index (κ2) is 9.22. The predicted molar refractivity (Wildman–Crippen MR) is 93.3 cm³/mol. The van der Waals surface area contributed by atoms with Gasteiger partial charge in [-0.1, -0.05) is 25.4 Å². The first-order chi connectivity index (χ1) is 10.9. The summed E-state index contributed by atoms with van der Waals surface area (Å²) < 4.78 is 26.5. The molecule has 0 spiro atoms. The molecule has 130 valence electrons. The van der Waals surface area contributed by atoms with E-state index in [9.17, 15) is 13.2 Å². The van der Waals surface area contributed by atoms with Crippen LogP contribution in [0.5, 0.6) is 0 Å². The molecule has 0 saturated carbocycles. The summed E-state index contributed by atoms with van der Waals surface area (Å²) in [4.78, 5) is 11.9. The minimum absolute atomic E-state index is 0.0101.